The Kier molecular flexibility index (Phi) is 4.65. The molecule has 3 N–H and O–H groups in total. The Bertz CT molecular complexity index is 473. The summed E-state index contributed by atoms with van der Waals surface area (Å²) < 4.78 is 0. The summed E-state index contributed by atoms with van der Waals surface area (Å²) in [5.41, 5.74) is 6.07. The first-order chi connectivity index (χ1) is 9.44. The molecule has 0 saturated heterocycles. The summed E-state index contributed by atoms with van der Waals surface area (Å²) in [7, 11) is 0. The average Bonchev–Trinajstić information content (AvgIpc) is 3.20. The van der Waals surface area contributed by atoms with E-state index < -0.39 is 5.54 Å². The van der Waals surface area contributed by atoms with E-state index in [1.54, 1.807) is 12.4 Å². The van der Waals surface area contributed by atoms with Crippen molar-refractivity contribution in [1.82, 2.24) is 15.3 Å². The Morgan fingerprint density at radius 3 is 2.55 bits per heavy atom. The Morgan fingerprint density at radius 1 is 1.50 bits per heavy atom. The van der Waals surface area contributed by atoms with Gasteiger partial charge in [-0.15, -0.1) is 0 Å². The highest BCUT2D eigenvalue weighted by molar-refractivity contribution is 7.99. The summed E-state index contributed by atoms with van der Waals surface area (Å²) in [5.74, 6) is 0.641. The van der Waals surface area contributed by atoms with Gasteiger partial charge in [-0.1, -0.05) is 11.8 Å². The number of rotatable bonds is 7. The number of nitrogens with zero attached hydrogens (tertiary/aromatic N) is 2. The second kappa shape index (κ2) is 6.10. The van der Waals surface area contributed by atoms with Crippen LogP contribution in [0.3, 0.4) is 0 Å². The van der Waals surface area contributed by atoms with Gasteiger partial charge < -0.3 is 11.1 Å². The maximum Gasteiger partial charge on any atom is 0.238 e. The van der Waals surface area contributed by atoms with Crippen LogP contribution in [0.5, 0.6) is 0 Å². The fourth-order valence-corrected chi connectivity index (χ4v) is 3.42. The predicted molar refractivity (Wildman–Crippen MR) is 80.4 cm³/mol. The second-order valence-electron chi connectivity index (χ2n) is 5.74. The summed E-state index contributed by atoms with van der Waals surface area (Å²) in [4.78, 5) is 20.6. The van der Waals surface area contributed by atoms with Crippen molar-refractivity contribution in [2.24, 2.45) is 11.7 Å². The van der Waals surface area contributed by atoms with Gasteiger partial charge in [0, 0.05) is 24.2 Å². The minimum absolute atomic E-state index is 0.211. The Labute approximate surface area is 124 Å². The van der Waals surface area contributed by atoms with Crippen LogP contribution >= 0.6 is 11.8 Å². The summed E-state index contributed by atoms with van der Waals surface area (Å²) in [6.45, 7) is 6.02. The monoisotopic (exact) mass is 294 g/mol. The van der Waals surface area contributed by atoms with E-state index in [0.29, 0.717) is 16.8 Å². The van der Waals surface area contributed by atoms with E-state index in [4.69, 9.17) is 5.73 Å². The van der Waals surface area contributed by atoms with Crippen LogP contribution in [-0.4, -0.2) is 33.2 Å². The molecule has 1 heterocycles. The number of nitrogens with two attached hydrogens (primary N) is 1. The molecule has 1 aromatic heterocycles. The third-order valence-electron chi connectivity index (χ3n) is 3.45. The van der Waals surface area contributed by atoms with Crippen LogP contribution in [0.15, 0.2) is 17.6 Å². The quantitative estimate of drug-likeness (QED) is 0.588. The number of aromatic nitrogens is 2. The molecule has 1 fully saturated rings. The molecule has 1 aliphatic rings. The summed E-state index contributed by atoms with van der Waals surface area (Å²) in [6.07, 6.45) is 5.68. The topological polar surface area (TPSA) is 80.9 Å². The third-order valence-corrected chi connectivity index (χ3v) is 4.52. The van der Waals surface area contributed by atoms with E-state index in [1.165, 1.54) is 11.8 Å². The molecule has 20 heavy (non-hydrogen) atoms. The standard InChI is InChI=1S/C14H22N4OS/c1-9(2)18-14(12(15)19,11-4-5-11)8-20-13-16-6-10(3)7-17-13/h6-7,9,11,18H,4-5,8H2,1-3H3,(H2,15,19). The van der Waals surface area contributed by atoms with E-state index in [-0.39, 0.29) is 11.9 Å². The molecule has 0 spiro atoms. The van der Waals surface area contributed by atoms with Gasteiger partial charge in [0.05, 0.1) is 0 Å². The molecule has 2 rings (SSSR count). The number of primary amides is 1. The van der Waals surface area contributed by atoms with Crippen LogP contribution in [-0.2, 0) is 4.79 Å². The van der Waals surface area contributed by atoms with Crippen LogP contribution in [0, 0.1) is 12.8 Å². The van der Waals surface area contributed by atoms with Gasteiger partial charge in [0.25, 0.3) is 0 Å². The van der Waals surface area contributed by atoms with E-state index in [0.717, 1.165) is 18.4 Å². The van der Waals surface area contributed by atoms with Crippen LogP contribution in [0.25, 0.3) is 0 Å². The van der Waals surface area contributed by atoms with Crippen molar-refractivity contribution in [2.45, 2.75) is 50.4 Å². The lowest BCUT2D eigenvalue weighted by atomic mass is 9.93. The highest BCUT2D eigenvalue weighted by atomic mass is 32.2. The number of hydrogen-bond acceptors (Lipinski definition) is 5. The molecule has 1 amide bonds. The van der Waals surface area contributed by atoms with Crippen molar-refractivity contribution in [3.05, 3.63) is 18.0 Å². The van der Waals surface area contributed by atoms with Gasteiger partial charge in [-0.2, -0.15) is 0 Å². The number of nitrogens with one attached hydrogen (secondary N) is 1. The van der Waals surface area contributed by atoms with Gasteiger partial charge in [0.1, 0.15) is 5.54 Å². The van der Waals surface area contributed by atoms with Crippen LogP contribution in [0.1, 0.15) is 32.3 Å². The van der Waals surface area contributed by atoms with Crippen molar-refractivity contribution in [2.75, 3.05) is 5.75 Å². The molecule has 5 nitrogen and oxygen atoms in total. The molecule has 0 aliphatic heterocycles. The molecule has 1 aliphatic carbocycles. The largest absolute Gasteiger partial charge is 0.368 e. The van der Waals surface area contributed by atoms with Gasteiger partial charge in [-0.3, -0.25) is 4.79 Å². The number of thioether (sulfide) groups is 1. The van der Waals surface area contributed by atoms with Crippen LogP contribution < -0.4 is 11.1 Å². The number of carbonyl (C=O) groups is 1. The van der Waals surface area contributed by atoms with Crippen molar-refractivity contribution in [3.8, 4) is 0 Å². The highest BCUT2D eigenvalue weighted by Crippen LogP contribution is 2.42. The fraction of sp³-hybridized carbons (Fsp3) is 0.643. The van der Waals surface area contributed by atoms with Gasteiger partial charge in [0.2, 0.25) is 5.91 Å². The average molecular weight is 294 g/mol. The maximum atomic E-state index is 12.0. The van der Waals surface area contributed by atoms with E-state index >= 15 is 0 Å². The van der Waals surface area contributed by atoms with Gasteiger partial charge in [-0.25, -0.2) is 9.97 Å². The maximum absolute atomic E-state index is 12.0. The normalized spacial score (nSPS) is 18.0. The second-order valence-corrected chi connectivity index (χ2v) is 6.68. The molecule has 6 heteroatoms. The summed E-state index contributed by atoms with van der Waals surface area (Å²) >= 11 is 1.49. The van der Waals surface area contributed by atoms with Crippen molar-refractivity contribution in [3.63, 3.8) is 0 Å². The Balaban J connectivity index is 2.11. The number of amides is 1. The number of hydrogen-bond donors (Lipinski definition) is 2. The van der Waals surface area contributed by atoms with Crippen LogP contribution in [0.2, 0.25) is 0 Å². The molecular weight excluding hydrogens is 272 g/mol. The number of aryl methyl sites for hydroxylation is 1. The van der Waals surface area contributed by atoms with E-state index in [2.05, 4.69) is 15.3 Å². The van der Waals surface area contributed by atoms with E-state index in [9.17, 15) is 4.79 Å². The zero-order valence-electron chi connectivity index (χ0n) is 12.2. The molecule has 110 valence electrons. The minimum Gasteiger partial charge on any atom is -0.368 e. The smallest absolute Gasteiger partial charge is 0.238 e. The first-order valence-corrected chi connectivity index (χ1v) is 7.91. The lowest BCUT2D eigenvalue weighted by Crippen LogP contribution is -2.61. The predicted octanol–water partition coefficient (Wildman–Crippen LogP) is 1.51. The first kappa shape index (κ1) is 15.3. The fourth-order valence-electron chi connectivity index (χ4n) is 2.35. The van der Waals surface area contributed by atoms with Crippen molar-refractivity contribution < 1.29 is 4.79 Å². The number of carbonyl (C=O) groups excluding carboxylic acids is 1. The molecule has 1 atom stereocenters. The van der Waals surface area contributed by atoms with Gasteiger partial charge >= 0.3 is 0 Å². The van der Waals surface area contributed by atoms with E-state index in [1.807, 2.05) is 20.8 Å². The Morgan fingerprint density at radius 2 is 2.10 bits per heavy atom. The molecule has 0 aromatic carbocycles. The Hall–Kier alpha value is -1.14. The summed E-state index contributed by atoms with van der Waals surface area (Å²) in [5, 5.41) is 4.07. The van der Waals surface area contributed by atoms with Crippen LogP contribution in [0.4, 0.5) is 0 Å². The molecule has 1 saturated carbocycles. The van der Waals surface area contributed by atoms with Gasteiger partial charge in [0.15, 0.2) is 5.16 Å². The minimum atomic E-state index is -0.646. The van der Waals surface area contributed by atoms with Crippen molar-refractivity contribution in [1.29, 1.82) is 0 Å². The molecule has 0 bridgehead atoms. The molecule has 1 unspecified atom stereocenters. The molecular formula is C14H22N4OS. The SMILES string of the molecule is Cc1cnc(SCC(NC(C)C)(C(N)=O)C2CC2)nc1. The zero-order valence-corrected chi connectivity index (χ0v) is 13.0. The van der Waals surface area contributed by atoms with Crippen molar-refractivity contribution >= 4 is 17.7 Å². The van der Waals surface area contributed by atoms with Gasteiger partial charge in [-0.05, 0) is 45.1 Å². The zero-order chi connectivity index (χ0) is 14.8. The highest BCUT2D eigenvalue weighted by Gasteiger charge is 2.50. The molecule has 1 aromatic rings. The lowest BCUT2D eigenvalue weighted by Gasteiger charge is -2.33. The third kappa shape index (κ3) is 3.49. The lowest BCUT2D eigenvalue weighted by molar-refractivity contribution is -0.124. The first-order valence-electron chi connectivity index (χ1n) is 6.93. The molecule has 0 radical (unpaired) electrons. The summed E-state index contributed by atoms with van der Waals surface area (Å²) in [6, 6.07) is 0.211.